The van der Waals surface area contributed by atoms with Gasteiger partial charge in [0, 0.05) is 15.4 Å². The number of benzene rings is 4. The average Bonchev–Trinajstić information content (AvgIpc) is 2.77. The summed E-state index contributed by atoms with van der Waals surface area (Å²) in [5.74, 6) is 0. The molecule has 0 aliphatic rings. The zero-order chi connectivity index (χ0) is 19.9. The van der Waals surface area contributed by atoms with Crippen LogP contribution in [0.4, 0.5) is 0 Å². The molecule has 0 unspecified atom stereocenters. The number of carbonyl (C=O) groups excluding carboxylic acids is 1. The molecular weight excluding hydrogens is 394 g/mol. The number of hydrogen-bond donors (Lipinski definition) is 0. The average molecular weight is 418 g/mol. The van der Waals surface area contributed by atoms with E-state index in [1.807, 2.05) is 61.0 Å². The van der Waals surface area contributed by atoms with Crippen molar-refractivity contribution in [1.29, 1.82) is 5.26 Å². The minimum absolute atomic E-state index is 0. The zero-order valence-corrected chi connectivity index (χ0v) is 17.3. The van der Waals surface area contributed by atoms with Gasteiger partial charge in [-0.15, -0.1) is 23.5 Å². The van der Waals surface area contributed by atoms with Crippen molar-refractivity contribution in [2.45, 2.75) is 17.2 Å². The van der Waals surface area contributed by atoms with E-state index in [0.717, 1.165) is 38.0 Å². The highest BCUT2D eigenvalue weighted by atomic mass is 32.2. The third-order valence-electron chi connectivity index (χ3n) is 4.41. The molecule has 0 atom stereocenters. The van der Waals surface area contributed by atoms with Gasteiger partial charge in [-0.1, -0.05) is 56.0 Å². The molecule has 0 bridgehead atoms. The summed E-state index contributed by atoms with van der Waals surface area (Å²) >= 11 is 3.22. The van der Waals surface area contributed by atoms with Crippen LogP contribution in [0.3, 0.4) is 0 Å². The van der Waals surface area contributed by atoms with Gasteiger partial charge >= 0.3 is 0 Å². The lowest BCUT2D eigenvalue weighted by Gasteiger charge is -2.03. The highest BCUT2D eigenvalue weighted by Gasteiger charge is 2.03. The molecule has 146 valence electrons. The molecule has 0 N–H and O–H groups in total. The first kappa shape index (κ1) is 22.5. The number of rotatable bonds is 3. The number of nitriles is 1. The number of aldehydes is 1. The van der Waals surface area contributed by atoms with Gasteiger partial charge in [0.05, 0.1) is 5.56 Å². The van der Waals surface area contributed by atoms with Gasteiger partial charge in [0.1, 0.15) is 6.07 Å². The van der Waals surface area contributed by atoms with Crippen LogP contribution in [-0.2, 0) is 0 Å². The Kier molecular flexibility index (Phi) is 8.33. The SMILES string of the molecule is C.CSc1cc2ccccc2cc1C#N.CSc1cc2ccccc2cc1C=O. The maximum atomic E-state index is 10.8. The molecule has 0 aliphatic carbocycles. The maximum Gasteiger partial charge on any atom is 0.151 e. The van der Waals surface area contributed by atoms with Gasteiger partial charge in [-0.3, -0.25) is 4.79 Å². The smallest absolute Gasteiger partial charge is 0.151 e. The first-order chi connectivity index (χ1) is 13.7. The molecule has 0 heterocycles. The van der Waals surface area contributed by atoms with Crippen molar-refractivity contribution < 1.29 is 4.79 Å². The van der Waals surface area contributed by atoms with Gasteiger partial charge in [0.15, 0.2) is 6.29 Å². The summed E-state index contributed by atoms with van der Waals surface area (Å²) in [4.78, 5) is 12.9. The van der Waals surface area contributed by atoms with Crippen LogP contribution in [0.2, 0.25) is 0 Å². The molecule has 0 fully saturated rings. The van der Waals surface area contributed by atoms with E-state index in [2.05, 4.69) is 30.3 Å². The molecule has 0 amide bonds. The second-order valence-electron chi connectivity index (χ2n) is 6.07. The van der Waals surface area contributed by atoms with Crippen molar-refractivity contribution >= 4 is 51.4 Å². The predicted octanol–water partition coefficient (Wildman–Crippen LogP) is 7.44. The lowest BCUT2D eigenvalue weighted by molar-refractivity contribution is 0.112. The molecule has 0 saturated heterocycles. The van der Waals surface area contributed by atoms with Gasteiger partial charge in [-0.25, -0.2) is 0 Å². The Balaban J connectivity index is 0.000000200. The van der Waals surface area contributed by atoms with Crippen LogP contribution in [0, 0.1) is 11.3 Å². The van der Waals surface area contributed by atoms with Crippen LogP contribution in [0.15, 0.2) is 82.6 Å². The molecule has 0 radical (unpaired) electrons. The fourth-order valence-corrected chi connectivity index (χ4v) is 4.14. The molecule has 4 rings (SSSR count). The van der Waals surface area contributed by atoms with E-state index in [4.69, 9.17) is 5.26 Å². The Morgan fingerprint density at radius 3 is 1.66 bits per heavy atom. The maximum absolute atomic E-state index is 10.8. The van der Waals surface area contributed by atoms with E-state index < -0.39 is 0 Å². The zero-order valence-electron chi connectivity index (χ0n) is 15.7. The molecule has 0 spiro atoms. The lowest BCUT2D eigenvalue weighted by atomic mass is 10.1. The van der Waals surface area contributed by atoms with Crippen LogP contribution in [0.25, 0.3) is 21.5 Å². The number of thioether (sulfide) groups is 2. The van der Waals surface area contributed by atoms with Crippen LogP contribution < -0.4 is 0 Å². The van der Waals surface area contributed by atoms with E-state index in [1.54, 1.807) is 23.5 Å². The first-order valence-corrected chi connectivity index (χ1v) is 11.1. The summed E-state index contributed by atoms with van der Waals surface area (Å²) in [6.45, 7) is 0. The van der Waals surface area contributed by atoms with Crippen LogP contribution in [0.1, 0.15) is 23.3 Å². The second-order valence-corrected chi connectivity index (χ2v) is 7.77. The van der Waals surface area contributed by atoms with E-state index in [9.17, 15) is 4.79 Å². The Labute approximate surface area is 180 Å². The molecule has 0 saturated carbocycles. The highest BCUT2D eigenvalue weighted by molar-refractivity contribution is 7.98. The number of nitrogens with zero attached hydrogens (tertiary/aromatic N) is 1. The summed E-state index contributed by atoms with van der Waals surface area (Å²) < 4.78 is 0. The fourth-order valence-electron chi connectivity index (χ4n) is 2.98. The molecule has 4 aromatic carbocycles. The van der Waals surface area contributed by atoms with Crippen molar-refractivity contribution in [3.63, 3.8) is 0 Å². The van der Waals surface area contributed by atoms with Crippen LogP contribution in [0.5, 0.6) is 0 Å². The second kappa shape index (κ2) is 10.7. The molecule has 2 nitrogen and oxygen atoms in total. The molecule has 0 aliphatic heterocycles. The standard InChI is InChI=1S/C12H9NS.C12H10OS.CH4/c2*1-14-12-7-10-5-3-2-4-9(10)6-11(12)8-13;/h2-7H,1H3;2-8H,1H3;1H4. The van der Waals surface area contributed by atoms with Gasteiger partial charge in [0.25, 0.3) is 0 Å². The molecular formula is C25H23NOS2. The van der Waals surface area contributed by atoms with Crippen molar-refractivity contribution in [3.8, 4) is 6.07 Å². The minimum atomic E-state index is 0. The summed E-state index contributed by atoms with van der Waals surface area (Å²) in [7, 11) is 0. The van der Waals surface area contributed by atoms with Crippen molar-refractivity contribution in [2.75, 3.05) is 12.5 Å². The third-order valence-corrected chi connectivity index (χ3v) is 5.98. The Hall–Kier alpha value is -2.74. The molecule has 29 heavy (non-hydrogen) atoms. The topological polar surface area (TPSA) is 40.9 Å². The molecule has 4 aromatic rings. The highest BCUT2D eigenvalue weighted by Crippen LogP contribution is 2.26. The van der Waals surface area contributed by atoms with Crippen LogP contribution in [-0.4, -0.2) is 18.8 Å². The van der Waals surface area contributed by atoms with E-state index in [0.29, 0.717) is 0 Å². The minimum Gasteiger partial charge on any atom is -0.298 e. The quantitative estimate of drug-likeness (QED) is 0.256. The van der Waals surface area contributed by atoms with Crippen LogP contribution >= 0.6 is 23.5 Å². The summed E-state index contributed by atoms with van der Waals surface area (Å²) in [5.41, 5.74) is 1.53. The van der Waals surface area contributed by atoms with Gasteiger partial charge < -0.3 is 0 Å². The van der Waals surface area contributed by atoms with Crippen molar-refractivity contribution in [1.82, 2.24) is 0 Å². The van der Waals surface area contributed by atoms with E-state index >= 15 is 0 Å². The monoisotopic (exact) mass is 417 g/mol. The third kappa shape index (κ3) is 5.20. The largest absolute Gasteiger partial charge is 0.298 e. The van der Waals surface area contributed by atoms with Crippen molar-refractivity contribution in [3.05, 3.63) is 83.9 Å². The van der Waals surface area contributed by atoms with E-state index in [1.165, 1.54) is 10.8 Å². The van der Waals surface area contributed by atoms with Gasteiger partial charge in [-0.2, -0.15) is 5.26 Å². The van der Waals surface area contributed by atoms with Gasteiger partial charge in [0.2, 0.25) is 0 Å². The molecule has 4 heteroatoms. The number of hydrogen-bond acceptors (Lipinski definition) is 4. The number of fused-ring (bicyclic) bond motifs is 2. The summed E-state index contributed by atoms with van der Waals surface area (Å²) in [6.07, 6.45) is 4.89. The normalized spacial score (nSPS) is 9.83. The number of carbonyl (C=O) groups is 1. The van der Waals surface area contributed by atoms with E-state index in [-0.39, 0.29) is 7.43 Å². The lowest BCUT2D eigenvalue weighted by Crippen LogP contribution is -1.85. The molecule has 0 aromatic heterocycles. The Morgan fingerprint density at radius 2 is 1.21 bits per heavy atom. The fraction of sp³-hybridized carbons (Fsp3) is 0.120. The summed E-state index contributed by atoms with van der Waals surface area (Å²) in [6, 6.07) is 26.4. The summed E-state index contributed by atoms with van der Waals surface area (Å²) in [5, 5.41) is 13.6. The Morgan fingerprint density at radius 1 is 0.759 bits per heavy atom. The van der Waals surface area contributed by atoms with Gasteiger partial charge in [-0.05, 0) is 58.3 Å². The van der Waals surface area contributed by atoms with Crippen molar-refractivity contribution in [2.24, 2.45) is 0 Å². The first-order valence-electron chi connectivity index (χ1n) is 8.69. The Bertz CT molecular complexity index is 1180. The predicted molar refractivity (Wildman–Crippen MR) is 128 cm³/mol.